The zero-order chi connectivity index (χ0) is 39.8. The second kappa shape index (κ2) is 18.5. The predicted molar refractivity (Wildman–Crippen MR) is 229 cm³/mol. The van der Waals surface area contributed by atoms with Gasteiger partial charge in [-0.3, -0.25) is 9.69 Å². The number of nitrogens with one attached hydrogen (secondary N) is 1. The molecule has 0 bridgehead atoms. The SMILES string of the molecule is NC(=O)CCC(O)Nc1ccc(N2CCN(CC3CCN(CCN4CCC(n5nc(-c6ccc(Oc7ccccc7)cc6)c6c(N)ncnc65)CC4)CC3)CC2)cc1. The molecule has 3 aliphatic heterocycles. The van der Waals surface area contributed by atoms with Crippen molar-refractivity contribution >= 4 is 34.1 Å². The highest BCUT2D eigenvalue weighted by atomic mass is 16.5. The molecule has 14 nitrogen and oxygen atoms in total. The first kappa shape index (κ1) is 39.5. The highest BCUT2D eigenvalue weighted by molar-refractivity contribution is 5.98. The quantitative estimate of drug-likeness (QED) is 0.105. The standard InChI is InChI=1S/C44H57N11O3/c45-39(56)14-15-40(57)49-34-8-10-35(11-9-34)54-28-26-53(27-29-54)30-32-16-20-51(21-17-32)24-25-52-22-18-36(19-23-52)55-44-41(43(46)47-31-48-44)42(50-55)33-6-12-38(13-7-33)58-37-4-2-1-3-5-37/h1-13,31-32,36,40,49,57H,14-30H2,(H2,45,56)(H2,46,47,48). The topological polar surface area (TPSA) is 167 Å². The lowest BCUT2D eigenvalue weighted by molar-refractivity contribution is -0.118. The summed E-state index contributed by atoms with van der Waals surface area (Å²) >= 11 is 0. The summed E-state index contributed by atoms with van der Waals surface area (Å²) < 4.78 is 8.11. The number of aromatic nitrogens is 4. The van der Waals surface area contributed by atoms with Crippen LogP contribution in [0.25, 0.3) is 22.3 Å². The van der Waals surface area contributed by atoms with E-state index in [2.05, 4.69) is 51.7 Å². The summed E-state index contributed by atoms with van der Waals surface area (Å²) in [6.45, 7) is 12.0. The minimum absolute atomic E-state index is 0.156. The Bertz CT molecular complexity index is 2070. The number of hydrogen-bond acceptors (Lipinski definition) is 12. The molecule has 6 N–H and O–H groups in total. The van der Waals surface area contributed by atoms with Crippen LogP contribution in [-0.4, -0.2) is 124 Å². The molecule has 14 heteroatoms. The van der Waals surface area contributed by atoms with Crippen molar-refractivity contribution in [1.82, 2.24) is 34.4 Å². The first-order chi connectivity index (χ1) is 28.3. The Labute approximate surface area is 340 Å². The lowest BCUT2D eigenvalue weighted by atomic mass is 9.96. The van der Waals surface area contributed by atoms with Crippen molar-refractivity contribution in [3.63, 3.8) is 0 Å². The zero-order valence-corrected chi connectivity index (χ0v) is 33.3. The highest BCUT2D eigenvalue weighted by Gasteiger charge is 2.28. The predicted octanol–water partition coefficient (Wildman–Crippen LogP) is 5.03. The van der Waals surface area contributed by atoms with Gasteiger partial charge < -0.3 is 41.3 Å². The molecule has 8 rings (SSSR count). The molecule has 3 saturated heterocycles. The van der Waals surface area contributed by atoms with Gasteiger partial charge in [-0.15, -0.1) is 0 Å². The second-order valence-corrected chi connectivity index (χ2v) is 16.0. The number of rotatable bonds is 15. The fourth-order valence-corrected chi connectivity index (χ4v) is 8.69. The van der Waals surface area contributed by atoms with Crippen molar-refractivity contribution < 1.29 is 14.6 Å². The number of benzene rings is 3. The summed E-state index contributed by atoms with van der Waals surface area (Å²) in [4.78, 5) is 30.4. The zero-order valence-electron chi connectivity index (χ0n) is 33.3. The molecule has 58 heavy (non-hydrogen) atoms. The van der Waals surface area contributed by atoms with Gasteiger partial charge in [0.2, 0.25) is 5.91 Å². The third-order valence-electron chi connectivity index (χ3n) is 12.1. The Morgan fingerprint density at radius 2 is 1.45 bits per heavy atom. The molecular formula is C44H57N11O3. The van der Waals surface area contributed by atoms with Gasteiger partial charge in [-0.1, -0.05) is 18.2 Å². The molecule has 0 radical (unpaired) electrons. The number of likely N-dealkylation sites (tertiary alicyclic amines) is 2. The van der Waals surface area contributed by atoms with E-state index in [1.54, 1.807) is 6.33 Å². The molecule has 0 spiro atoms. The molecule has 5 heterocycles. The Morgan fingerprint density at radius 1 is 0.793 bits per heavy atom. The molecule has 3 aliphatic rings. The summed E-state index contributed by atoms with van der Waals surface area (Å²) in [5, 5.41) is 19.1. The summed E-state index contributed by atoms with van der Waals surface area (Å²) in [6, 6.07) is 26.2. The molecule has 1 amide bonds. The number of carbonyl (C=O) groups is 1. The van der Waals surface area contributed by atoms with Gasteiger partial charge in [0.25, 0.3) is 0 Å². The van der Waals surface area contributed by atoms with Crippen LogP contribution in [0.5, 0.6) is 11.5 Å². The Kier molecular flexibility index (Phi) is 12.6. The number of nitrogen functional groups attached to an aromatic ring is 1. The van der Waals surface area contributed by atoms with Crippen LogP contribution < -0.4 is 26.4 Å². The minimum Gasteiger partial charge on any atom is -0.457 e. The number of hydrogen-bond donors (Lipinski definition) is 4. The number of anilines is 3. The number of ether oxygens (including phenoxy) is 1. The van der Waals surface area contributed by atoms with Gasteiger partial charge in [-0.25, -0.2) is 14.6 Å². The van der Waals surface area contributed by atoms with Gasteiger partial charge in [-0.2, -0.15) is 5.10 Å². The van der Waals surface area contributed by atoms with Crippen LogP contribution in [-0.2, 0) is 4.79 Å². The van der Waals surface area contributed by atoms with Gasteiger partial charge in [0.1, 0.15) is 35.6 Å². The van der Waals surface area contributed by atoms with E-state index in [1.807, 2.05) is 66.7 Å². The number of piperazine rings is 1. The number of aliphatic hydroxyl groups is 1. The average molecular weight is 788 g/mol. The van der Waals surface area contributed by atoms with Crippen LogP contribution in [0.3, 0.4) is 0 Å². The highest BCUT2D eigenvalue weighted by Crippen LogP contribution is 2.35. The van der Waals surface area contributed by atoms with E-state index in [0.717, 1.165) is 111 Å². The van der Waals surface area contributed by atoms with Gasteiger partial charge in [0.15, 0.2) is 5.65 Å². The maximum Gasteiger partial charge on any atom is 0.217 e. The van der Waals surface area contributed by atoms with Crippen LogP contribution in [0.2, 0.25) is 0 Å². The number of nitrogens with zero attached hydrogens (tertiary/aromatic N) is 8. The Hall–Kier alpha value is -5.28. The van der Waals surface area contributed by atoms with E-state index < -0.39 is 12.1 Å². The third-order valence-corrected chi connectivity index (χ3v) is 12.1. The van der Waals surface area contributed by atoms with Gasteiger partial charge in [-0.05, 0) is 105 Å². The second-order valence-electron chi connectivity index (χ2n) is 16.0. The van der Waals surface area contributed by atoms with Gasteiger partial charge in [0.05, 0.1) is 11.4 Å². The van der Waals surface area contributed by atoms with Gasteiger partial charge >= 0.3 is 0 Å². The molecule has 0 aliphatic carbocycles. The first-order valence-corrected chi connectivity index (χ1v) is 20.9. The number of fused-ring (bicyclic) bond motifs is 1. The number of piperidine rings is 2. The van der Waals surface area contributed by atoms with E-state index in [1.165, 1.54) is 38.2 Å². The lowest BCUT2D eigenvalue weighted by Gasteiger charge is -2.40. The molecule has 3 aromatic carbocycles. The summed E-state index contributed by atoms with van der Waals surface area (Å²) in [6.07, 6.45) is 5.78. The van der Waals surface area contributed by atoms with Crippen molar-refractivity contribution in [2.45, 2.75) is 50.8 Å². The summed E-state index contributed by atoms with van der Waals surface area (Å²) in [5.41, 5.74) is 16.2. The Balaban J connectivity index is 0.755. The number of primary amides is 1. The molecule has 1 unspecified atom stereocenters. The number of carbonyl (C=O) groups excluding carboxylic acids is 1. The summed E-state index contributed by atoms with van der Waals surface area (Å²) in [5.74, 6) is 2.36. The smallest absolute Gasteiger partial charge is 0.217 e. The van der Waals surface area contributed by atoms with Crippen LogP contribution in [0, 0.1) is 5.92 Å². The number of amides is 1. The third kappa shape index (κ3) is 9.87. The fourth-order valence-electron chi connectivity index (χ4n) is 8.69. The molecule has 2 aromatic heterocycles. The van der Waals surface area contributed by atoms with Crippen molar-refractivity contribution in [2.24, 2.45) is 11.7 Å². The van der Waals surface area contributed by atoms with Gasteiger partial charge in [0, 0.05) is 88.7 Å². The molecule has 1 atom stereocenters. The van der Waals surface area contributed by atoms with E-state index in [0.29, 0.717) is 12.2 Å². The van der Waals surface area contributed by atoms with Crippen molar-refractivity contribution in [1.29, 1.82) is 0 Å². The largest absolute Gasteiger partial charge is 0.457 e. The average Bonchev–Trinajstić information content (AvgIpc) is 3.65. The van der Waals surface area contributed by atoms with Crippen LogP contribution in [0.15, 0.2) is 85.2 Å². The number of para-hydroxylation sites is 1. The van der Waals surface area contributed by atoms with Crippen LogP contribution >= 0.6 is 0 Å². The molecule has 0 saturated carbocycles. The van der Waals surface area contributed by atoms with Crippen molar-refractivity contribution in [2.75, 3.05) is 87.9 Å². The Morgan fingerprint density at radius 3 is 2.12 bits per heavy atom. The van der Waals surface area contributed by atoms with Crippen LogP contribution in [0.1, 0.15) is 44.6 Å². The maximum atomic E-state index is 11.0. The van der Waals surface area contributed by atoms with Crippen molar-refractivity contribution in [3.05, 3.63) is 85.2 Å². The van der Waals surface area contributed by atoms with Crippen molar-refractivity contribution in [3.8, 4) is 22.8 Å². The minimum atomic E-state index is -0.793. The van der Waals surface area contributed by atoms with E-state index in [4.69, 9.17) is 21.3 Å². The van der Waals surface area contributed by atoms with Crippen LogP contribution in [0.4, 0.5) is 17.2 Å². The monoisotopic (exact) mass is 787 g/mol. The number of nitrogens with two attached hydrogens (primary N) is 2. The summed E-state index contributed by atoms with van der Waals surface area (Å²) in [7, 11) is 0. The fraction of sp³-hybridized carbons (Fsp3) is 0.455. The maximum absolute atomic E-state index is 11.0. The first-order valence-electron chi connectivity index (χ1n) is 20.9. The molecular weight excluding hydrogens is 731 g/mol. The number of aliphatic hydroxyl groups excluding tert-OH is 1. The molecule has 3 fully saturated rings. The lowest BCUT2D eigenvalue weighted by Crippen LogP contribution is -2.49. The van der Waals surface area contributed by atoms with E-state index in [9.17, 15) is 9.90 Å². The normalized spacial score (nSPS) is 18.4. The van der Waals surface area contributed by atoms with E-state index >= 15 is 0 Å². The van der Waals surface area contributed by atoms with E-state index in [-0.39, 0.29) is 12.5 Å². The molecule has 306 valence electrons. The molecule has 5 aromatic rings.